The van der Waals surface area contributed by atoms with E-state index in [9.17, 15) is 4.79 Å². The minimum Gasteiger partial charge on any atom is -0.335 e. The van der Waals surface area contributed by atoms with E-state index in [1.807, 2.05) is 0 Å². The third-order valence-electron chi connectivity index (χ3n) is 2.27. The zero-order valence-corrected chi connectivity index (χ0v) is 11.1. The number of carbonyl (C=O) groups excluding carboxylic acids is 1. The smallest absolute Gasteiger partial charge is 0.275 e. The molecule has 2 aromatic rings. The van der Waals surface area contributed by atoms with Gasteiger partial charge in [0.15, 0.2) is 0 Å². The average Bonchev–Trinajstić information content (AvgIpc) is 2.81. The molecule has 0 saturated carbocycles. The van der Waals surface area contributed by atoms with Crippen molar-refractivity contribution in [1.29, 1.82) is 0 Å². The molecule has 1 amide bonds. The first-order valence-corrected chi connectivity index (χ1v) is 6.12. The Morgan fingerprint density at radius 3 is 3.11 bits per heavy atom. The summed E-state index contributed by atoms with van der Waals surface area (Å²) in [6.07, 6.45) is 6.47. The van der Waals surface area contributed by atoms with E-state index in [0.29, 0.717) is 24.5 Å². The van der Waals surface area contributed by atoms with E-state index in [1.54, 1.807) is 35.6 Å². The zero-order valence-electron chi connectivity index (χ0n) is 9.51. The number of hydrogen-bond acceptors (Lipinski definition) is 4. The highest BCUT2D eigenvalue weighted by molar-refractivity contribution is 9.10. The highest BCUT2D eigenvalue weighted by Crippen LogP contribution is 2.20. The Labute approximate surface area is 112 Å². The summed E-state index contributed by atoms with van der Waals surface area (Å²) in [5.41, 5.74) is 6.44. The van der Waals surface area contributed by atoms with Crippen molar-refractivity contribution in [3.8, 4) is 0 Å². The molecule has 18 heavy (non-hydrogen) atoms. The molecule has 0 aromatic carbocycles. The summed E-state index contributed by atoms with van der Waals surface area (Å²) in [6, 6.07) is 1.71. The molecule has 0 bridgehead atoms. The van der Waals surface area contributed by atoms with Crippen LogP contribution in [-0.2, 0) is 6.54 Å². The van der Waals surface area contributed by atoms with Crippen LogP contribution in [0.5, 0.6) is 0 Å². The fourth-order valence-electron chi connectivity index (χ4n) is 1.41. The Morgan fingerprint density at radius 2 is 2.39 bits per heavy atom. The van der Waals surface area contributed by atoms with Gasteiger partial charge in [-0.05, 0) is 22.0 Å². The van der Waals surface area contributed by atoms with Gasteiger partial charge in [0.1, 0.15) is 5.69 Å². The second kappa shape index (κ2) is 5.74. The number of carbonyl (C=O) groups is 1. The second-order valence-electron chi connectivity index (χ2n) is 3.60. The SMILES string of the molecule is NCCn1cnc(C(=O)Nc2ccncc2Br)c1. The van der Waals surface area contributed by atoms with Crippen LogP contribution in [0, 0.1) is 0 Å². The number of nitrogens with two attached hydrogens (primary N) is 1. The number of rotatable bonds is 4. The minimum atomic E-state index is -0.266. The topological polar surface area (TPSA) is 85.8 Å². The van der Waals surface area contributed by atoms with Crippen molar-refractivity contribution in [3.63, 3.8) is 0 Å². The summed E-state index contributed by atoms with van der Waals surface area (Å²) < 4.78 is 2.50. The molecule has 2 aromatic heterocycles. The van der Waals surface area contributed by atoms with Gasteiger partial charge < -0.3 is 15.6 Å². The lowest BCUT2D eigenvalue weighted by molar-refractivity contribution is 0.102. The molecule has 0 radical (unpaired) electrons. The van der Waals surface area contributed by atoms with Gasteiger partial charge in [0.2, 0.25) is 0 Å². The van der Waals surface area contributed by atoms with Crippen LogP contribution in [0.1, 0.15) is 10.5 Å². The summed E-state index contributed by atoms with van der Waals surface area (Å²) in [5, 5.41) is 2.75. The standard InChI is InChI=1S/C11H12BrN5O/c12-8-5-14-3-1-9(8)16-11(18)10-6-17(4-2-13)7-15-10/h1,3,5-7H,2,4,13H2,(H,14,16,18). The highest BCUT2D eigenvalue weighted by Gasteiger charge is 2.10. The van der Waals surface area contributed by atoms with Crippen molar-refractivity contribution in [2.24, 2.45) is 5.73 Å². The number of halogens is 1. The van der Waals surface area contributed by atoms with E-state index >= 15 is 0 Å². The number of nitrogens with zero attached hydrogens (tertiary/aromatic N) is 3. The lowest BCUT2D eigenvalue weighted by Gasteiger charge is -2.04. The van der Waals surface area contributed by atoms with Gasteiger partial charge >= 0.3 is 0 Å². The summed E-state index contributed by atoms with van der Waals surface area (Å²) in [4.78, 5) is 19.9. The van der Waals surface area contributed by atoms with Crippen LogP contribution in [0.2, 0.25) is 0 Å². The van der Waals surface area contributed by atoms with Gasteiger partial charge in [-0.2, -0.15) is 0 Å². The summed E-state index contributed by atoms with van der Waals surface area (Å²) in [7, 11) is 0. The Hall–Kier alpha value is -1.73. The monoisotopic (exact) mass is 309 g/mol. The molecular formula is C11H12BrN5O. The molecule has 2 rings (SSSR count). The van der Waals surface area contributed by atoms with Gasteiger partial charge in [-0.25, -0.2) is 4.98 Å². The molecule has 3 N–H and O–H groups in total. The highest BCUT2D eigenvalue weighted by atomic mass is 79.9. The maximum atomic E-state index is 11.9. The predicted octanol–water partition coefficient (Wildman–Crippen LogP) is 1.25. The van der Waals surface area contributed by atoms with Gasteiger partial charge in [0, 0.05) is 31.7 Å². The largest absolute Gasteiger partial charge is 0.335 e. The summed E-state index contributed by atoms with van der Waals surface area (Å²) >= 11 is 3.31. The van der Waals surface area contributed by atoms with Crippen molar-refractivity contribution in [1.82, 2.24) is 14.5 Å². The second-order valence-corrected chi connectivity index (χ2v) is 4.45. The number of nitrogens with one attached hydrogen (secondary N) is 1. The Morgan fingerprint density at radius 1 is 1.56 bits per heavy atom. The van der Waals surface area contributed by atoms with Crippen molar-refractivity contribution >= 4 is 27.5 Å². The van der Waals surface area contributed by atoms with Crippen LogP contribution in [-0.4, -0.2) is 27.0 Å². The Bertz CT molecular complexity index is 554. The van der Waals surface area contributed by atoms with Gasteiger partial charge in [0.25, 0.3) is 5.91 Å². The van der Waals surface area contributed by atoms with Gasteiger partial charge in [-0.3, -0.25) is 9.78 Å². The fourth-order valence-corrected chi connectivity index (χ4v) is 1.76. The maximum absolute atomic E-state index is 11.9. The molecule has 94 valence electrons. The van der Waals surface area contributed by atoms with Crippen LogP contribution in [0.3, 0.4) is 0 Å². The third kappa shape index (κ3) is 2.93. The van der Waals surface area contributed by atoms with Gasteiger partial charge in [-0.1, -0.05) is 0 Å². The number of aromatic nitrogens is 3. The summed E-state index contributed by atoms with van der Waals surface area (Å²) in [6.45, 7) is 1.15. The number of amides is 1. The summed E-state index contributed by atoms with van der Waals surface area (Å²) in [5.74, 6) is -0.266. The van der Waals surface area contributed by atoms with Crippen LogP contribution in [0.15, 0.2) is 35.5 Å². The number of pyridine rings is 1. The van der Waals surface area contributed by atoms with E-state index in [-0.39, 0.29) is 5.91 Å². The average molecular weight is 310 g/mol. The zero-order chi connectivity index (χ0) is 13.0. The lowest BCUT2D eigenvalue weighted by Crippen LogP contribution is -2.13. The van der Waals surface area contributed by atoms with Crippen molar-refractivity contribution < 1.29 is 4.79 Å². The van der Waals surface area contributed by atoms with E-state index < -0.39 is 0 Å². The van der Waals surface area contributed by atoms with Gasteiger partial charge in [-0.15, -0.1) is 0 Å². The number of imidazole rings is 1. The van der Waals surface area contributed by atoms with Gasteiger partial charge in [0.05, 0.1) is 16.5 Å². The lowest BCUT2D eigenvalue weighted by atomic mass is 10.3. The van der Waals surface area contributed by atoms with E-state index in [4.69, 9.17) is 5.73 Å². The first kappa shape index (κ1) is 12.7. The molecule has 0 saturated heterocycles. The fraction of sp³-hybridized carbons (Fsp3) is 0.182. The minimum absolute atomic E-state index is 0.266. The Balaban J connectivity index is 2.10. The molecule has 7 heteroatoms. The quantitative estimate of drug-likeness (QED) is 0.890. The van der Waals surface area contributed by atoms with E-state index in [2.05, 4.69) is 31.2 Å². The first-order valence-electron chi connectivity index (χ1n) is 5.33. The van der Waals surface area contributed by atoms with Crippen LogP contribution in [0.25, 0.3) is 0 Å². The predicted molar refractivity (Wildman–Crippen MR) is 71.2 cm³/mol. The number of anilines is 1. The van der Waals surface area contributed by atoms with E-state index in [0.717, 1.165) is 4.47 Å². The molecule has 0 unspecified atom stereocenters. The normalized spacial score (nSPS) is 10.3. The van der Waals surface area contributed by atoms with E-state index in [1.165, 1.54) is 0 Å². The van der Waals surface area contributed by atoms with Crippen LogP contribution >= 0.6 is 15.9 Å². The number of hydrogen-bond donors (Lipinski definition) is 2. The molecular weight excluding hydrogens is 298 g/mol. The maximum Gasteiger partial charge on any atom is 0.275 e. The first-order chi connectivity index (χ1) is 8.70. The molecule has 0 fully saturated rings. The van der Waals surface area contributed by atoms with Crippen LogP contribution < -0.4 is 11.1 Å². The molecule has 0 spiro atoms. The molecule has 0 aliphatic carbocycles. The van der Waals surface area contributed by atoms with Crippen molar-refractivity contribution in [3.05, 3.63) is 41.2 Å². The van der Waals surface area contributed by atoms with Crippen LogP contribution in [0.4, 0.5) is 5.69 Å². The molecule has 6 nitrogen and oxygen atoms in total. The van der Waals surface area contributed by atoms with Crippen molar-refractivity contribution in [2.75, 3.05) is 11.9 Å². The third-order valence-corrected chi connectivity index (χ3v) is 2.91. The molecule has 0 atom stereocenters. The molecule has 2 heterocycles. The molecule has 0 aliphatic rings. The Kier molecular flexibility index (Phi) is 4.06. The molecule has 0 aliphatic heterocycles. The van der Waals surface area contributed by atoms with Crippen molar-refractivity contribution in [2.45, 2.75) is 6.54 Å².